The van der Waals surface area contributed by atoms with Crippen molar-refractivity contribution in [2.45, 2.75) is 230 Å². The monoisotopic (exact) mass is 2060 g/mol. The van der Waals surface area contributed by atoms with Crippen molar-refractivity contribution in [2.24, 2.45) is 0 Å². The second kappa shape index (κ2) is 53.8. The molecule has 0 amide bonds. The molecular formula is C124H144N10O10S4. The Morgan fingerprint density at radius 1 is 0.304 bits per heavy atom. The number of methoxy groups -OCH3 is 1. The van der Waals surface area contributed by atoms with E-state index in [9.17, 15) is 33.7 Å². The van der Waals surface area contributed by atoms with Crippen LogP contribution in [-0.2, 0) is 49.5 Å². The van der Waals surface area contributed by atoms with Gasteiger partial charge in [-0.15, -0.1) is 0 Å². The lowest BCUT2D eigenvalue weighted by atomic mass is 9.85. The number of benzene rings is 7. The van der Waals surface area contributed by atoms with Crippen molar-refractivity contribution < 1.29 is 43.1 Å². The van der Waals surface area contributed by atoms with Crippen LogP contribution in [0.4, 0.5) is 0 Å². The van der Waals surface area contributed by atoms with Gasteiger partial charge < -0.3 is 9.47 Å². The predicted molar refractivity (Wildman–Crippen MR) is 606 cm³/mol. The summed E-state index contributed by atoms with van der Waals surface area (Å²) in [4.78, 5) is 45.3. The van der Waals surface area contributed by atoms with Gasteiger partial charge in [-0.1, -0.05) is 336 Å². The van der Waals surface area contributed by atoms with Crippen molar-refractivity contribution in [3.63, 3.8) is 0 Å². The molecule has 0 saturated heterocycles. The van der Waals surface area contributed by atoms with E-state index in [-0.39, 0.29) is 26.6 Å². The summed E-state index contributed by atoms with van der Waals surface area (Å²) in [5, 5.41) is 0.113. The van der Waals surface area contributed by atoms with Gasteiger partial charge in [-0.3, -0.25) is 24.9 Å². The number of aryl methyl sites for hydroxylation is 4. The summed E-state index contributed by atoms with van der Waals surface area (Å²) in [6.45, 7) is 45.8. The zero-order valence-electron chi connectivity index (χ0n) is 90.2. The largest absolute Gasteiger partial charge is 0.475 e. The molecule has 774 valence electrons. The molecule has 24 heteroatoms. The molecule has 9 aromatic heterocycles. The SMILES string of the molecule is CC(C)(C)c1cncnc1-c1ccccc1.CC(C)c1ccc(S(=O)(=O)C2CC2)nc1-c1ccccc1.CC(C)c1ccc(S(C)(=O)=O)nc1-c1ccccc1.COCCOc1ccc(C(C)C)c(-c2ccccc2)n1.Cc1nc(-c2ccc(S(C)(=O)=O)cc2)ccc1C(C)C.Cc1nc(-c2cccc(S(C)(=O)=O)c2)ccc1C(C)C.Cc1nc(-c2ccccc2)ccc1C(C)C.Cc1nc(-c2cccnc2)ccc1C(C)C. The van der Waals surface area contributed by atoms with Crippen LogP contribution in [0, 0.1) is 27.7 Å². The van der Waals surface area contributed by atoms with Gasteiger partial charge in [-0.2, -0.15) is 0 Å². The number of nitrogens with zero attached hydrogens (tertiary/aromatic N) is 10. The van der Waals surface area contributed by atoms with Crippen molar-refractivity contribution in [3.8, 4) is 95.9 Å². The Labute approximate surface area is 880 Å². The topological polar surface area (TPSA) is 284 Å². The average Bonchev–Trinajstić information content (AvgIpc) is 1.61. The first-order valence-electron chi connectivity index (χ1n) is 50.2. The molecule has 0 radical (unpaired) electrons. The minimum atomic E-state index is -3.29. The molecule has 1 aliphatic rings. The fraction of sp³-hybridized carbons (Fsp3) is 0.306. The number of rotatable bonds is 24. The molecule has 9 heterocycles. The van der Waals surface area contributed by atoms with Crippen LogP contribution in [0.3, 0.4) is 0 Å². The maximum atomic E-state index is 12.4. The first-order chi connectivity index (χ1) is 70.1. The van der Waals surface area contributed by atoms with Gasteiger partial charge in [0.15, 0.2) is 49.4 Å². The Kier molecular flexibility index (Phi) is 42.3. The molecule has 1 aliphatic carbocycles. The standard InChI is InChI=1S/C17H19NO2S.C17H21NO2.2C16H19NO2S.C15H17NO2S.C15H17N.2C14H16N2/c1-12(2)15-10-11-16(21(19,20)14-8-9-14)18-17(15)13-6-4-3-5-7-13;1-13(2)15-9-10-16(20-12-11-19-3)18-17(15)14-7-5-4-6-8-14;1-11(2)15-9-10-16(17-12(15)3)13-5-7-14(8-6-13)20(4,18)19;1-11(2)15-8-9-16(17-12(15)3)13-6-5-7-14(10-13)20(4,18)19;1-11(2)13-9-10-14(19(3,17)18)16-15(13)12-7-5-4-6-8-12;1-11(2)14-9-10-15(16-12(14)3)13-7-5-4-6-8-13;1-10(2)13-6-7-14(16-11(13)3)12-5-4-8-15-9-12;1-14(2,3)12-9-15-10-16-13(12)11-7-5-4-6-8-11/h3-7,10-12,14H,8-9H2,1-2H3;4-10,13H,11-12H2,1-3H3;2*5-11H,1-4H3;4-11H,1-3H3;4-11H,1-3H3;2*4-10H,1-3H3. The van der Waals surface area contributed by atoms with E-state index in [0.717, 1.165) is 131 Å². The predicted octanol–water partition coefficient (Wildman–Crippen LogP) is 29.3. The molecule has 0 bridgehead atoms. The van der Waals surface area contributed by atoms with Crippen LogP contribution >= 0.6 is 0 Å². The van der Waals surface area contributed by atoms with E-state index in [1.165, 1.54) is 57.7 Å². The number of hydrogen-bond acceptors (Lipinski definition) is 20. The Hall–Kier alpha value is -13.6. The van der Waals surface area contributed by atoms with Crippen LogP contribution in [0.15, 0.2) is 342 Å². The molecule has 0 spiro atoms. The van der Waals surface area contributed by atoms with Crippen LogP contribution in [0.1, 0.15) is 239 Å². The highest BCUT2D eigenvalue weighted by atomic mass is 32.2. The third-order valence-electron chi connectivity index (χ3n) is 24.6. The zero-order chi connectivity index (χ0) is 108. The van der Waals surface area contributed by atoms with Gasteiger partial charge in [-0.25, -0.2) is 58.6 Å². The molecule has 0 unspecified atom stereocenters. The first kappa shape index (κ1) is 116. The fourth-order valence-corrected chi connectivity index (χ4v) is 19.9. The van der Waals surface area contributed by atoms with Gasteiger partial charge in [-0.05, 0) is 199 Å². The second-order valence-corrected chi connectivity index (χ2v) is 48.1. The summed E-state index contributed by atoms with van der Waals surface area (Å²) in [6.07, 6.45) is 12.3. The van der Waals surface area contributed by atoms with Gasteiger partial charge in [0.2, 0.25) is 5.88 Å². The summed E-state index contributed by atoms with van der Waals surface area (Å²) >= 11 is 0. The molecule has 17 rings (SSSR count). The Morgan fingerprint density at radius 2 is 0.642 bits per heavy atom. The van der Waals surface area contributed by atoms with E-state index in [1.54, 1.807) is 74.2 Å². The van der Waals surface area contributed by atoms with Crippen LogP contribution in [-0.4, -0.2) is 128 Å². The van der Waals surface area contributed by atoms with Crippen LogP contribution in [0.2, 0.25) is 0 Å². The second-order valence-electron chi connectivity index (χ2n) is 39.9. The fourth-order valence-electron chi connectivity index (χ4n) is 16.4. The molecule has 148 heavy (non-hydrogen) atoms. The number of ether oxygens (including phenoxy) is 2. The Bertz CT molecular complexity index is 7410. The van der Waals surface area contributed by atoms with Crippen LogP contribution in [0.5, 0.6) is 5.88 Å². The van der Waals surface area contributed by atoms with Crippen LogP contribution in [0.25, 0.3) is 90.1 Å². The molecule has 16 aromatic rings. The van der Waals surface area contributed by atoms with E-state index in [1.807, 2.05) is 190 Å². The average molecular weight is 2060 g/mol. The van der Waals surface area contributed by atoms with E-state index >= 15 is 0 Å². The molecule has 0 aliphatic heterocycles. The first-order valence-corrected chi connectivity index (χ1v) is 57.4. The molecule has 1 saturated carbocycles. The van der Waals surface area contributed by atoms with Crippen molar-refractivity contribution >= 4 is 39.3 Å². The number of sulfone groups is 4. The lowest BCUT2D eigenvalue weighted by molar-refractivity contribution is 0.144. The van der Waals surface area contributed by atoms with Gasteiger partial charge in [0, 0.05) is 123 Å². The minimum Gasteiger partial charge on any atom is -0.475 e. The van der Waals surface area contributed by atoms with E-state index in [4.69, 9.17) is 9.47 Å². The normalized spacial score (nSPS) is 11.9. The third-order valence-corrected chi connectivity index (χ3v) is 30.0. The lowest BCUT2D eigenvalue weighted by Gasteiger charge is -2.21. The van der Waals surface area contributed by atoms with E-state index in [2.05, 4.69) is 260 Å². The Morgan fingerprint density at radius 3 is 1.00 bits per heavy atom. The summed E-state index contributed by atoms with van der Waals surface area (Å²) in [6, 6.07) is 95.6. The van der Waals surface area contributed by atoms with Gasteiger partial charge >= 0.3 is 0 Å². The summed E-state index contributed by atoms with van der Waals surface area (Å²) < 4.78 is 105. The number of hydrogen-bond donors (Lipinski definition) is 0. The van der Waals surface area contributed by atoms with E-state index < -0.39 is 39.3 Å². The highest BCUT2D eigenvalue weighted by Gasteiger charge is 2.38. The minimum absolute atomic E-state index is 0.0619. The maximum absolute atomic E-state index is 12.4. The molecular weight excluding hydrogens is 1920 g/mol. The summed E-state index contributed by atoms with van der Waals surface area (Å²) in [7, 11) is -11.2. The quantitative estimate of drug-likeness (QED) is 0.0508. The smallest absolute Gasteiger partial charge is 0.213 e. The number of pyridine rings is 8. The van der Waals surface area contributed by atoms with Crippen molar-refractivity contribution in [1.82, 2.24) is 49.8 Å². The molecule has 0 N–H and O–H groups in total. The molecule has 7 aromatic carbocycles. The summed E-state index contributed by atoms with van der Waals surface area (Å²) in [5.41, 5.74) is 29.4. The molecule has 1 fully saturated rings. The van der Waals surface area contributed by atoms with Gasteiger partial charge in [0.25, 0.3) is 0 Å². The summed E-state index contributed by atoms with van der Waals surface area (Å²) in [5.74, 6) is 3.59. The van der Waals surface area contributed by atoms with Gasteiger partial charge in [0.05, 0.1) is 67.2 Å². The van der Waals surface area contributed by atoms with E-state index in [0.29, 0.717) is 64.4 Å². The maximum Gasteiger partial charge on any atom is 0.213 e. The van der Waals surface area contributed by atoms with Crippen molar-refractivity contribution in [3.05, 3.63) is 389 Å². The number of aromatic nitrogens is 10. The zero-order valence-corrected chi connectivity index (χ0v) is 93.5. The highest BCUT2D eigenvalue weighted by molar-refractivity contribution is 7.92. The lowest BCUT2D eigenvalue weighted by Crippen LogP contribution is -2.14. The van der Waals surface area contributed by atoms with Crippen molar-refractivity contribution in [2.75, 3.05) is 39.1 Å². The van der Waals surface area contributed by atoms with Crippen molar-refractivity contribution in [1.29, 1.82) is 0 Å². The molecule has 20 nitrogen and oxygen atoms in total. The Balaban J connectivity index is 0.000000173. The van der Waals surface area contributed by atoms with Gasteiger partial charge in [0.1, 0.15) is 12.9 Å². The molecule has 0 atom stereocenters. The highest BCUT2D eigenvalue weighted by Crippen LogP contribution is 2.39. The third kappa shape index (κ3) is 33.7. The van der Waals surface area contributed by atoms with Crippen LogP contribution < -0.4 is 4.74 Å².